The number of hydrogen-bond donors (Lipinski definition) is 1. The third-order valence-electron chi connectivity index (χ3n) is 3.46. The highest BCUT2D eigenvalue weighted by Gasteiger charge is 2.28. The highest BCUT2D eigenvalue weighted by atomic mass is 16.5. The molecule has 1 amide bonds. The van der Waals surface area contributed by atoms with E-state index in [-0.39, 0.29) is 11.7 Å². The van der Waals surface area contributed by atoms with Crippen molar-refractivity contribution in [3.63, 3.8) is 0 Å². The molecule has 1 unspecified atom stereocenters. The predicted octanol–water partition coefficient (Wildman–Crippen LogP) is 2.57. The lowest BCUT2D eigenvalue weighted by atomic mass is 9.93. The fraction of sp³-hybridized carbons (Fsp3) is 0.500. The van der Waals surface area contributed by atoms with E-state index in [1.807, 2.05) is 6.92 Å². The Bertz CT molecular complexity index is 467. The second kappa shape index (κ2) is 7.08. The smallest absolute Gasteiger partial charge is 0.230 e. The molecule has 20 heavy (non-hydrogen) atoms. The first-order valence-corrected chi connectivity index (χ1v) is 7.27. The van der Waals surface area contributed by atoms with Gasteiger partial charge in [0, 0.05) is 12.1 Å². The van der Waals surface area contributed by atoms with Gasteiger partial charge in [0.15, 0.2) is 5.78 Å². The molecule has 1 heterocycles. The van der Waals surface area contributed by atoms with Crippen molar-refractivity contribution in [3.8, 4) is 5.75 Å². The van der Waals surface area contributed by atoms with Crippen LogP contribution in [0.3, 0.4) is 0 Å². The summed E-state index contributed by atoms with van der Waals surface area (Å²) < 4.78 is 5.49. The number of nitrogens with one attached hydrogen (secondary N) is 1. The topological polar surface area (TPSA) is 55.4 Å². The molecule has 0 saturated carbocycles. The van der Waals surface area contributed by atoms with Crippen molar-refractivity contribution < 1.29 is 14.3 Å². The maximum atomic E-state index is 12.4. The average molecular weight is 275 g/mol. The van der Waals surface area contributed by atoms with Crippen LogP contribution in [0, 0.1) is 5.92 Å². The van der Waals surface area contributed by atoms with Gasteiger partial charge in [-0.05, 0) is 43.5 Å². The number of Topliss-reactive ketones (excluding diaryl/α,β-unsaturated/α-hetero) is 1. The number of ketones is 1. The van der Waals surface area contributed by atoms with Crippen molar-refractivity contribution in [2.45, 2.75) is 32.6 Å². The highest BCUT2D eigenvalue weighted by molar-refractivity contribution is 6.10. The van der Waals surface area contributed by atoms with Crippen LogP contribution in [0.2, 0.25) is 0 Å². The zero-order valence-electron chi connectivity index (χ0n) is 11.9. The first-order chi connectivity index (χ1) is 9.72. The SMILES string of the molecule is CCCOc1ccc(C(=O)C2CCCCNC2=O)cc1. The van der Waals surface area contributed by atoms with Gasteiger partial charge in [0.05, 0.1) is 6.61 Å². The van der Waals surface area contributed by atoms with Gasteiger partial charge in [0.1, 0.15) is 11.7 Å². The van der Waals surface area contributed by atoms with Crippen LogP contribution in [0.5, 0.6) is 5.75 Å². The van der Waals surface area contributed by atoms with Gasteiger partial charge in [-0.25, -0.2) is 0 Å². The van der Waals surface area contributed by atoms with Gasteiger partial charge in [-0.2, -0.15) is 0 Å². The molecular weight excluding hydrogens is 254 g/mol. The minimum absolute atomic E-state index is 0.0913. The summed E-state index contributed by atoms with van der Waals surface area (Å²) in [6, 6.07) is 7.06. The van der Waals surface area contributed by atoms with Crippen LogP contribution < -0.4 is 10.1 Å². The molecule has 4 nitrogen and oxygen atoms in total. The van der Waals surface area contributed by atoms with E-state index in [2.05, 4.69) is 5.32 Å². The first kappa shape index (κ1) is 14.6. The molecule has 108 valence electrons. The lowest BCUT2D eigenvalue weighted by Gasteiger charge is -2.12. The highest BCUT2D eigenvalue weighted by Crippen LogP contribution is 2.20. The summed E-state index contributed by atoms with van der Waals surface area (Å²) >= 11 is 0. The molecule has 0 aliphatic carbocycles. The van der Waals surface area contributed by atoms with Crippen molar-refractivity contribution in [3.05, 3.63) is 29.8 Å². The molecule has 1 aliphatic rings. The third-order valence-corrected chi connectivity index (χ3v) is 3.46. The quantitative estimate of drug-likeness (QED) is 0.663. The van der Waals surface area contributed by atoms with Crippen LogP contribution in [0.4, 0.5) is 0 Å². The lowest BCUT2D eigenvalue weighted by molar-refractivity contribution is -0.123. The van der Waals surface area contributed by atoms with Gasteiger partial charge in [-0.1, -0.05) is 13.3 Å². The minimum Gasteiger partial charge on any atom is -0.494 e. The fourth-order valence-corrected chi connectivity index (χ4v) is 2.33. The molecule has 0 radical (unpaired) electrons. The number of benzene rings is 1. The predicted molar refractivity (Wildman–Crippen MR) is 76.9 cm³/mol. The van der Waals surface area contributed by atoms with E-state index in [0.717, 1.165) is 25.0 Å². The average Bonchev–Trinajstić information content (AvgIpc) is 2.69. The van der Waals surface area contributed by atoms with Crippen LogP contribution in [-0.2, 0) is 4.79 Å². The number of ether oxygens (including phenoxy) is 1. The zero-order chi connectivity index (χ0) is 14.4. The molecule has 0 aromatic heterocycles. The van der Waals surface area contributed by atoms with Crippen molar-refractivity contribution in [1.82, 2.24) is 5.32 Å². The van der Waals surface area contributed by atoms with Gasteiger partial charge in [0.25, 0.3) is 0 Å². The Morgan fingerprint density at radius 3 is 2.75 bits per heavy atom. The van der Waals surface area contributed by atoms with Crippen molar-refractivity contribution in [2.75, 3.05) is 13.2 Å². The third kappa shape index (κ3) is 3.59. The Hall–Kier alpha value is -1.84. The number of hydrogen-bond acceptors (Lipinski definition) is 3. The summed E-state index contributed by atoms with van der Waals surface area (Å²) in [4.78, 5) is 24.3. The fourth-order valence-electron chi connectivity index (χ4n) is 2.33. The molecule has 1 fully saturated rings. The Labute approximate surface area is 119 Å². The van der Waals surface area contributed by atoms with Gasteiger partial charge >= 0.3 is 0 Å². The molecule has 1 saturated heterocycles. The Morgan fingerprint density at radius 1 is 1.30 bits per heavy atom. The summed E-state index contributed by atoms with van der Waals surface area (Å²) in [5.74, 6) is -0.0149. The van der Waals surface area contributed by atoms with E-state index in [1.54, 1.807) is 24.3 Å². The van der Waals surface area contributed by atoms with E-state index < -0.39 is 5.92 Å². The second-order valence-electron chi connectivity index (χ2n) is 5.08. The molecule has 1 N–H and O–H groups in total. The maximum Gasteiger partial charge on any atom is 0.230 e. The Balaban J connectivity index is 2.06. The molecule has 0 bridgehead atoms. The standard InChI is InChI=1S/C16H21NO3/c1-2-11-20-13-8-6-12(7-9-13)15(18)14-5-3-4-10-17-16(14)19/h6-9,14H,2-5,10-11H2,1H3,(H,17,19). The van der Waals surface area contributed by atoms with Gasteiger partial charge < -0.3 is 10.1 Å². The summed E-state index contributed by atoms with van der Waals surface area (Å²) in [7, 11) is 0. The van der Waals surface area contributed by atoms with E-state index in [0.29, 0.717) is 25.1 Å². The summed E-state index contributed by atoms with van der Waals surface area (Å²) in [5.41, 5.74) is 0.580. The van der Waals surface area contributed by atoms with Gasteiger partial charge in [-0.15, -0.1) is 0 Å². The normalized spacial score (nSPS) is 19.1. The number of rotatable bonds is 5. The minimum atomic E-state index is -0.542. The van der Waals surface area contributed by atoms with Gasteiger partial charge in [-0.3, -0.25) is 9.59 Å². The molecule has 0 spiro atoms. The monoisotopic (exact) mass is 275 g/mol. The molecule has 1 atom stereocenters. The van der Waals surface area contributed by atoms with Crippen LogP contribution in [0.25, 0.3) is 0 Å². The first-order valence-electron chi connectivity index (χ1n) is 7.27. The Morgan fingerprint density at radius 2 is 2.05 bits per heavy atom. The van der Waals surface area contributed by atoms with E-state index in [1.165, 1.54) is 0 Å². The Kier molecular flexibility index (Phi) is 5.16. The number of amides is 1. The van der Waals surface area contributed by atoms with Gasteiger partial charge in [0.2, 0.25) is 5.91 Å². The number of carbonyl (C=O) groups is 2. The largest absolute Gasteiger partial charge is 0.494 e. The van der Waals surface area contributed by atoms with Crippen molar-refractivity contribution in [2.24, 2.45) is 5.92 Å². The lowest BCUT2D eigenvalue weighted by Crippen LogP contribution is -2.33. The van der Waals surface area contributed by atoms with E-state index in [9.17, 15) is 9.59 Å². The molecule has 1 aliphatic heterocycles. The van der Waals surface area contributed by atoms with Crippen LogP contribution >= 0.6 is 0 Å². The second-order valence-corrected chi connectivity index (χ2v) is 5.08. The molecule has 1 aromatic rings. The van der Waals surface area contributed by atoms with Crippen molar-refractivity contribution >= 4 is 11.7 Å². The molecule has 4 heteroatoms. The van der Waals surface area contributed by atoms with E-state index >= 15 is 0 Å². The number of carbonyl (C=O) groups excluding carboxylic acids is 2. The van der Waals surface area contributed by atoms with Crippen LogP contribution in [0.15, 0.2) is 24.3 Å². The molecule has 1 aromatic carbocycles. The molecule has 2 rings (SSSR count). The van der Waals surface area contributed by atoms with Crippen LogP contribution in [-0.4, -0.2) is 24.8 Å². The molecular formula is C16H21NO3. The van der Waals surface area contributed by atoms with E-state index in [4.69, 9.17) is 4.74 Å². The van der Waals surface area contributed by atoms with Crippen LogP contribution in [0.1, 0.15) is 43.0 Å². The van der Waals surface area contributed by atoms with Crippen molar-refractivity contribution in [1.29, 1.82) is 0 Å². The zero-order valence-corrected chi connectivity index (χ0v) is 11.9. The summed E-state index contributed by atoms with van der Waals surface area (Å²) in [5, 5.41) is 2.80. The maximum absolute atomic E-state index is 12.4. The summed E-state index contributed by atoms with van der Waals surface area (Å²) in [6.07, 6.45) is 3.44. The summed E-state index contributed by atoms with van der Waals surface area (Å²) in [6.45, 7) is 3.38.